The van der Waals surface area contributed by atoms with Gasteiger partial charge in [0.2, 0.25) is 0 Å². The second kappa shape index (κ2) is 7.84. The molecule has 0 saturated carbocycles. The lowest BCUT2D eigenvalue weighted by Gasteiger charge is -2.00. The molecule has 0 heterocycles. The van der Waals surface area contributed by atoms with Gasteiger partial charge in [0.05, 0.1) is 0 Å². The largest absolute Gasteiger partial charge is 0.103 e. The van der Waals surface area contributed by atoms with E-state index in [0.717, 1.165) is 8.58 Å². The molecule has 0 saturated heterocycles. The van der Waals surface area contributed by atoms with Crippen LogP contribution in [0.15, 0.2) is 73.3 Å². The summed E-state index contributed by atoms with van der Waals surface area (Å²) in [7, 11) is 0.777. The Bertz CT molecular complexity index is 355. The SMILES string of the molecule is C=CC.c1ccc(Pc2ccccc2)cc1. The summed E-state index contributed by atoms with van der Waals surface area (Å²) < 4.78 is 0. The molecule has 82 valence electrons. The monoisotopic (exact) mass is 228 g/mol. The van der Waals surface area contributed by atoms with Gasteiger partial charge in [-0.2, -0.15) is 0 Å². The van der Waals surface area contributed by atoms with E-state index in [0.29, 0.717) is 0 Å². The van der Waals surface area contributed by atoms with E-state index in [2.05, 4.69) is 67.2 Å². The molecule has 0 atom stereocenters. The molecule has 0 amide bonds. The van der Waals surface area contributed by atoms with Crippen LogP contribution in [0, 0.1) is 0 Å². The Morgan fingerprint density at radius 2 is 1.12 bits per heavy atom. The van der Waals surface area contributed by atoms with Crippen LogP contribution >= 0.6 is 8.58 Å². The van der Waals surface area contributed by atoms with Gasteiger partial charge in [-0.05, 0) is 17.5 Å². The van der Waals surface area contributed by atoms with Gasteiger partial charge in [-0.15, -0.1) is 6.58 Å². The van der Waals surface area contributed by atoms with E-state index in [-0.39, 0.29) is 0 Å². The molecule has 0 unspecified atom stereocenters. The maximum Gasteiger partial charge on any atom is -0.0226 e. The highest BCUT2D eigenvalue weighted by molar-refractivity contribution is 7.55. The molecule has 0 aromatic heterocycles. The lowest BCUT2D eigenvalue weighted by atomic mass is 10.4. The Hall–Kier alpha value is -1.39. The van der Waals surface area contributed by atoms with Crippen molar-refractivity contribution in [2.45, 2.75) is 6.92 Å². The number of benzene rings is 2. The smallest absolute Gasteiger partial charge is 0.0226 e. The lowest BCUT2D eigenvalue weighted by molar-refractivity contribution is 1.76. The van der Waals surface area contributed by atoms with Crippen molar-refractivity contribution in [2.24, 2.45) is 0 Å². The minimum atomic E-state index is 0.777. The Balaban J connectivity index is 0.000000386. The molecule has 1 heteroatoms. The molecule has 2 aromatic carbocycles. The van der Waals surface area contributed by atoms with E-state index in [4.69, 9.17) is 0 Å². The number of rotatable bonds is 2. The normalized spacial score (nSPS) is 8.81. The summed E-state index contributed by atoms with van der Waals surface area (Å²) in [5.74, 6) is 0. The quantitative estimate of drug-likeness (QED) is 0.545. The standard InChI is InChI=1S/C12H11P.C3H6/c1-3-7-11(8-4-1)13-12-9-5-2-6-10-12;1-3-2/h1-10,13H;3H,1H2,2H3. The molecular formula is C15H17P. The minimum absolute atomic E-state index is 0.777. The van der Waals surface area contributed by atoms with Crippen LogP contribution in [0.5, 0.6) is 0 Å². The Kier molecular flexibility index (Phi) is 6.22. The van der Waals surface area contributed by atoms with Crippen LogP contribution in [-0.2, 0) is 0 Å². The second-order valence-corrected chi connectivity index (χ2v) is 4.67. The van der Waals surface area contributed by atoms with Crippen LogP contribution in [0.25, 0.3) is 0 Å². The summed E-state index contributed by atoms with van der Waals surface area (Å²) in [5.41, 5.74) is 0. The lowest BCUT2D eigenvalue weighted by Crippen LogP contribution is -2.01. The Labute approximate surface area is 99.8 Å². The fourth-order valence-corrected chi connectivity index (χ4v) is 2.26. The van der Waals surface area contributed by atoms with E-state index in [1.165, 1.54) is 10.6 Å². The molecule has 2 rings (SSSR count). The van der Waals surface area contributed by atoms with Gasteiger partial charge in [-0.1, -0.05) is 75.3 Å². The van der Waals surface area contributed by atoms with Crippen molar-refractivity contribution < 1.29 is 0 Å². The number of allylic oxidation sites excluding steroid dienone is 1. The fraction of sp³-hybridized carbons (Fsp3) is 0.0667. The molecule has 0 aliphatic rings. The predicted octanol–water partition coefficient (Wildman–Crippen LogP) is 3.51. The fourth-order valence-electron chi connectivity index (χ4n) is 1.21. The topological polar surface area (TPSA) is 0 Å². The van der Waals surface area contributed by atoms with Crippen LogP contribution in [0.3, 0.4) is 0 Å². The second-order valence-electron chi connectivity index (χ2n) is 3.27. The first-order valence-electron chi connectivity index (χ1n) is 5.31. The van der Waals surface area contributed by atoms with Crippen LogP contribution < -0.4 is 10.6 Å². The summed E-state index contributed by atoms with van der Waals surface area (Å²) in [6.45, 7) is 5.25. The summed E-state index contributed by atoms with van der Waals surface area (Å²) in [4.78, 5) is 0. The first kappa shape index (κ1) is 12.7. The van der Waals surface area contributed by atoms with Gasteiger partial charge in [0.15, 0.2) is 0 Å². The van der Waals surface area contributed by atoms with Gasteiger partial charge in [0.25, 0.3) is 0 Å². The average molecular weight is 228 g/mol. The molecule has 2 aromatic rings. The molecular weight excluding hydrogens is 211 g/mol. The zero-order valence-electron chi connectivity index (χ0n) is 9.56. The summed E-state index contributed by atoms with van der Waals surface area (Å²) in [6, 6.07) is 21.2. The van der Waals surface area contributed by atoms with Gasteiger partial charge < -0.3 is 0 Å². The van der Waals surface area contributed by atoms with Gasteiger partial charge in [-0.25, -0.2) is 0 Å². The van der Waals surface area contributed by atoms with Crippen molar-refractivity contribution in [1.82, 2.24) is 0 Å². The molecule has 0 nitrogen and oxygen atoms in total. The first-order valence-corrected chi connectivity index (χ1v) is 6.31. The number of hydrogen-bond donors (Lipinski definition) is 0. The van der Waals surface area contributed by atoms with Crippen LogP contribution in [0.1, 0.15) is 6.92 Å². The average Bonchev–Trinajstić information content (AvgIpc) is 2.33. The third-order valence-corrected chi connectivity index (χ3v) is 3.08. The molecule has 0 aliphatic heterocycles. The molecule has 0 bridgehead atoms. The van der Waals surface area contributed by atoms with Gasteiger partial charge in [0, 0.05) is 0 Å². The van der Waals surface area contributed by atoms with E-state index >= 15 is 0 Å². The van der Waals surface area contributed by atoms with E-state index in [9.17, 15) is 0 Å². The third kappa shape index (κ3) is 4.91. The highest BCUT2D eigenvalue weighted by atomic mass is 31.1. The Morgan fingerprint density at radius 1 is 0.812 bits per heavy atom. The third-order valence-electron chi connectivity index (χ3n) is 1.84. The van der Waals surface area contributed by atoms with E-state index in [1.807, 2.05) is 6.92 Å². The van der Waals surface area contributed by atoms with Crippen molar-refractivity contribution in [2.75, 3.05) is 0 Å². The van der Waals surface area contributed by atoms with Crippen molar-refractivity contribution in [3.05, 3.63) is 73.3 Å². The Morgan fingerprint density at radius 3 is 1.44 bits per heavy atom. The van der Waals surface area contributed by atoms with Gasteiger partial charge >= 0.3 is 0 Å². The molecule has 0 spiro atoms. The van der Waals surface area contributed by atoms with Crippen LogP contribution in [0.4, 0.5) is 0 Å². The zero-order valence-corrected chi connectivity index (χ0v) is 10.6. The highest BCUT2D eigenvalue weighted by Gasteiger charge is 1.92. The highest BCUT2D eigenvalue weighted by Crippen LogP contribution is 2.08. The maximum atomic E-state index is 3.36. The van der Waals surface area contributed by atoms with Crippen molar-refractivity contribution in [3.8, 4) is 0 Å². The molecule has 0 aliphatic carbocycles. The zero-order chi connectivity index (χ0) is 11.6. The van der Waals surface area contributed by atoms with Crippen LogP contribution in [-0.4, -0.2) is 0 Å². The van der Waals surface area contributed by atoms with E-state index < -0.39 is 0 Å². The summed E-state index contributed by atoms with van der Waals surface area (Å²) >= 11 is 0. The molecule has 0 radical (unpaired) electrons. The van der Waals surface area contributed by atoms with Gasteiger partial charge in [0.1, 0.15) is 0 Å². The molecule has 16 heavy (non-hydrogen) atoms. The van der Waals surface area contributed by atoms with Crippen LogP contribution in [0.2, 0.25) is 0 Å². The van der Waals surface area contributed by atoms with Crippen molar-refractivity contribution in [1.29, 1.82) is 0 Å². The molecule has 0 N–H and O–H groups in total. The predicted molar refractivity (Wildman–Crippen MR) is 76.3 cm³/mol. The summed E-state index contributed by atoms with van der Waals surface area (Å²) in [6.07, 6.45) is 1.75. The van der Waals surface area contributed by atoms with E-state index in [1.54, 1.807) is 6.08 Å². The first-order chi connectivity index (χ1) is 7.86. The number of hydrogen-bond acceptors (Lipinski definition) is 0. The summed E-state index contributed by atoms with van der Waals surface area (Å²) in [5, 5.41) is 2.79. The van der Waals surface area contributed by atoms with Gasteiger partial charge in [-0.3, -0.25) is 0 Å². The molecule has 0 fully saturated rings. The maximum absolute atomic E-state index is 3.36. The minimum Gasteiger partial charge on any atom is -0.103 e. The van der Waals surface area contributed by atoms with Crippen molar-refractivity contribution >= 4 is 19.2 Å². The van der Waals surface area contributed by atoms with Crippen molar-refractivity contribution in [3.63, 3.8) is 0 Å².